The monoisotopic (exact) mass is 133 g/mol. The summed E-state index contributed by atoms with van der Waals surface area (Å²) in [5.41, 5.74) is -0.457. The van der Waals surface area contributed by atoms with E-state index in [-0.39, 0.29) is 5.24 Å². The van der Waals surface area contributed by atoms with Gasteiger partial charge in [-0.05, 0) is 18.0 Å². The second kappa shape index (κ2) is 2.49. The molecule has 0 heterocycles. The second-order valence-corrected chi connectivity index (χ2v) is 2.63. The third-order valence-electron chi connectivity index (χ3n) is 1.23. The molecular weight excluding hydrogens is 124 g/mol. The normalized spacial score (nSPS) is 11.5. The van der Waals surface area contributed by atoms with Crippen molar-refractivity contribution in [3.05, 3.63) is 6.42 Å². The molecule has 0 aliphatic carbocycles. The highest BCUT2D eigenvalue weighted by atomic mass is 35.5. The molecular formula is C6H10ClO. The molecule has 47 valence electrons. The van der Waals surface area contributed by atoms with Gasteiger partial charge in [0.2, 0.25) is 5.24 Å². The van der Waals surface area contributed by atoms with Crippen LogP contribution in [0.25, 0.3) is 0 Å². The van der Waals surface area contributed by atoms with Crippen LogP contribution in [-0.2, 0) is 4.79 Å². The van der Waals surface area contributed by atoms with Crippen molar-refractivity contribution in [1.82, 2.24) is 0 Å². The van der Waals surface area contributed by atoms with Crippen molar-refractivity contribution in [2.45, 2.75) is 20.8 Å². The summed E-state index contributed by atoms with van der Waals surface area (Å²) in [6, 6.07) is 0. The zero-order chi connectivity index (χ0) is 6.78. The SMILES string of the molecule is C[CH]C(C)(C)C(=O)Cl. The lowest BCUT2D eigenvalue weighted by atomic mass is 9.92. The molecule has 1 radical (unpaired) electrons. The van der Waals surface area contributed by atoms with E-state index in [9.17, 15) is 4.79 Å². The Balaban J connectivity index is 3.91. The van der Waals surface area contributed by atoms with Crippen LogP contribution in [0.4, 0.5) is 0 Å². The zero-order valence-corrected chi connectivity index (χ0v) is 6.12. The van der Waals surface area contributed by atoms with Crippen LogP contribution >= 0.6 is 11.6 Å². The standard InChI is InChI=1S/C6H10ClO/c1-4-6(2,3)5(7)8/h4H,1-3H3. The van der Waals surface area contributed by atoms with Gasteiger partial charge in [0, 0.05) is 5.41 Å². The maximum atomic E-state index is 10.4. The average Bonchev–Trinajstić information content (AvgIpc) is 1.67. The van der Waals surface area contributed by atoms with E-state index < -0.39 is 5.41 Å². The van der Waals surface area contributed by atoms with Crippen LogP contribution < -0.4 is 0 Å². The summed E-state index contributed by atoms with van der Waals surface area (Å²) in [5, 5.41) is -0.306. The molecule has 0 aromatic rings. The van der Waals surface area contributed by atoms with Crippen molar-refractivity contribution >= 4 is 16.8 Å². The van der Waals surface area contributed by atoms with Gasteiger partial charge in [0.1, 0.15) is 0 Å². The molecule has 0 spiro atoms. The summed E-state index contributed by atoms with van der Waals surface area (Å²) in [4.78, 5) is 10.4. The largest absolute Gasteiger partial charge is 0.281 e. The fourth-order valence-electron chi connectivity index (χ4n) is 0.113. The maximum Gasteiger partial charge on any atom is 0.227 e. The van der Waals surface area contributed by atoms with E-state index in [1.165, 1.54) is 0 Å². The molecule has 0 saturated heterocycles. The molecule has 0 fully saturated rings. The van der Waals surface area contributed by atoms with Crippen LogP contribution in [0.3, 0.4) is 0 Å². The highest BCUT2D eigenvalue weighted by molar-refractivity contribution is 6.64. The van der Waals surface area contributed by atoms with Gasteiger partial charge >= 0.3 is 0 Å². The Morgan fingerprint density at radius 1 is 1.62 bits per heavy atom. The average molecular weight is 134 g/mol. The molecule has 1 nitrogen and oxygen atoms in total. The Labute approximate surface area is 55.0 Å². The van der Waals surface area contributed by atoms with Gasteiger partial charge in [0.05, 0.1) is 0 Å². The number of halogens is 1. The first-order chi connectivity index (χ1) is 3.50. The third-order valence-corrected chi connectivity index (χ3v) is 1.72. The quantitative estimate of drug-likeness (QED) is 0.527. The number of rotatable bonds is 2. The lowest BCUT2D eigenvalue weighted by Crippen LogP contribution is -2.18. The summed E-state index contributed by atoms with van der Waals surface area (Å²) in [5.74, 6) is 0. The number of carbonyl (C=O) groups is 1. The fraction of sp³-hybridized carbons (Fsp3) is 0.667. The van der Waals surface area contributed by atoms with E-state index in [0.29, 0.717) is 0 Å². The van der Waals surface area contributed by atoms with Crippen molar-refractivity contribution < 1.29 is 4.79 Å². The summed E-state index contributed by atoms with van der Waals surface area (Å²) in [7, 11) is 0. The number of hydrogen-bond acceptors (Lipinski definition) is 1. The van der Waals surface area contributed by atoms with Crippen molar-refractivity contribution in [2.75, 3.05) is 0 Å². The molecule has 0 aromatic carbocycles. The Bertz CT molecular complexity index is 96.7. The van der Waals surface area contributed by atoms with Gasteiger partial charge in [-0.3, -0.25) is 4.79 Å². The Morgan fingerprint density at radius 2 is 2.00 bits per heavy atom. The predicted molar refractivity (Wildman–Crippen MR) is 34.6 cm³/mol. The number of carbonyl (C=O) groups excluding carboxylic acids is 1. The van der Waals surface area contributed by atoms with Crippen molar-refractivity contribution in [2.24, 2.45) is 5.41 Å². The van der Waals surface area contributed by atoms with Crippen LogP contribution in [0.5, 0.6) is 0 Å². The van der Waals surface area contributed by atoms with Gasteiger partial charge in [-0.2, -0.15) is 0 Å². The highest BCUT2D eigenvalue weighted by Crippen LogP contribution is 2.21. The Hall–Kier alpha value is -0.0400. The lowest BCUT2D eigenvalue weighted by molar-refractivity contribution is -0.117. The summed E-state index contributed by atoms with van der Waals surface area (Å²) < 4.78 is 0. The fourth-order valence-corrected chi connectivity index (χ4v) is 0.223. The van der Waals surface area contributed by atoms with Crippen LogP contribution in [0, 0.1) is 11.8 Å². The van der Waals surface area contributed by atoms with E-state index in [2.05, 4.69) is 0 Å². The van der Waals surface area contributed by atoms with E-state index in [1.807, 2.05) is 6.92 Å². The maximum absolute atomic E-state index is 10.4. The smallest absolute Gasteiger partial charge is 0.227 e. The predicted octanol–water partition coefficient (Wildman–Crippen LogP) is 2.00. The third kappa shape index (κ3) is 1.83. The molecule has 0 aliphatic rings. The summed E-state index contributed by atoms with van der Waals surface area (Å²) in [6.45, 7) is 5.38. The molecule has 0 atom stereocenters. The van der Waals surface area contributed by atoms with Gasteiger partial charge in [0.15, 0.2) is 0 Å². The van der Waals surface area contributed by atoms with Gasteiger partial charge < -0.3 is 0 Å². The first-order valence-corrected chi connectivity index (χ1v) is 2.89. The van der Waals surface area contributed by atoms with Crippen LogP contribution in [0.2, 0.25) is 0 Å². The molecule has 0 saturated carbocycles. The van der Waals surface area contributed by atoms with Crippen molar-refractivity contribution in [3.63, 3.8) is 0 Å². The molecule has 0 unspecified atom stereocenters. The van der Waals surface area contributed by atoms with Crippen molar-refractivity contribution in [3.8, 4) is 0 Å². The number of hydrogen-bond donors (Lipinski definition) is 0. The second-order valence-electron chi connectivity index (χ2n) is 2.28. The minimum Gasteiger partial charge on any atom is -0.281 e. The topological polar surface area (TPSA) is 17.1 Å². The molecule has 8 heavy (non-hydrogen) atoms. The Morgan fingerprint density at radius 3 is 2.00 bits per heavy atom. The zero-order valence-electron chi connectivity index (χ0n) is 5.36. The van der Waals surface area contributed by atoms with E-state index in [1.54, 1.807) is 20.3 Å². The molecule has 0 aliphatic heterocycles. The van der Waals surface area contributed by atoms with E-state index >= 15 is 0 Å². The van der Waals surface area contributed by atoms with Gasteiger partial charge in [-0.25, -0.2) is 0 Å². The lowest BCUT2D eigenvalue weighted by Gasteiger charge is -2.14. The molecule has 0 aromatic heterocycles. The molecule has 2 heteroatoms. The van der Waals surface area contributed by atoms with Crippen LogP contribution in [0.15, 0.2) is 0 Å². The first kappa shape index (κ1) is 7.96. The van der Waals surface area contributed by atoms with Crippen molar-refractivity contribution in [1.29, 1.82) is 0 Å². The van der Waals surface area contributed by atoms with Crippen LogP contribution in [0.1, 0.15) is 20.8 Å². The molecule has 0 N–H and O–H groups in total. The summed E-state index contributed by atoms with van der Waals surface area (Å²) >= 11 is 5.20. The molecule has 0 bridgehead atoms. The first-order valence-electron chi connectivity index (χ1n) is 2.51. The van der Waals surface area contributed by atoms with Gasteiger partial charge in [0.25, 0.3) is 0 Å². The Kier molecular flexibility index (Phi) is 2.48. The highest BCUT2D eigenvalue weighted by Gasteiger charge is 2.22. The van der Waals surface area contributed by atoms with E-state index in [4.69, 9.17) is 11.6 Å². The van der Waals surface area contributed by atoms with Gasteiger partial charge in [-0.1, -0.05) is 20.8 Å². The minimum atomic E-state index is -0.457. The minimum absolute atomic E-state index is 0.306. The molecule has 0 amide bonds. The van der Waals surface area contributed by atoms with Crippen LogP contribution in [-0.4, -0.2) is 5.24 Å². The van der Waals surface area contributed by atoms with E-state index in [0.717, 1.165) is 0 Å². The molecule has 0 rings (SSSR count). The summed E-state index contributed by atoms with van der Waals surface area (Å²) in [6.07, 6.45) is 1.78. The van der Waals surface area contributed by atoms with Gasteiger partial charge in [-0.15, -0.1) is 0 Å².